The Kier molecular flexibility index (Phi) is 1.88. The van der Waals surface area contributed by atoms with Crippen molar-refractivity contribution in [1.29, 1.82) is 0 Å². The Labute approximate surface area is 99.6 Å². The monoisotopic (exact) mass is 248 g/mol. The lowest BCUT2D eigenvalue weighted by Crippen LogP contribution is -1.75. The molecule has 0 unspecified atom stereocenters. The average Bonchev–Trinajstić information content (AvgIpc) is 2.73. The minimum atomic E-state index is -0.696. The van der Waals surface area contributed by atoms with Gasteiger partial charge in [-0.2, -0.15) is 0 Å². The van der Waals surface area contributed by atoms with Crippen LogP contribution < -0.4 is 0 Å². The first-order chi connectivity index (χ1) is 8.11. The molecule has 2 aromatic carbocycles. The molecule has 0 aliphatic carbocycles. The van der Waals surface area contributed by atoms with E-state index in [1.807, 2.05) is 12.1 Å². The number of benzene rings is 2. The Balaban J connectivity index is 2.67. The quantitative estimate of drug-likeness (QED) is 0.364. The molecule has 5 heteroatoms. The highest BCUT2D eigenvalue weighted by Crippen LogP contribution is 2.53. The molecule has 0 spiro atoms. The molecule has 0 aliphatic rings. The van der Waals surface area contributed by atoms with E-state index in [4.69, 9.17) is 0 Å². The van der Waals surface area contributed by atoms with Crippen molar-refractivity contribution >= 4 is 31.5 Å². The van der Waals surface area contributed by atoms with E-state index in [1.54, 1.807) is 12.1 Å². The summed E-state index contributed by atoms with van der Waals surface area (Å²) in [5, 5.41) is 39.6. The van der Waals surface area contributed by atoms with Crippen LogP contribution in [-0.4, -0.2) is 20.4 Å². The minimum absolute atomic E-state index is 0.360. The summed E-state index contributed by atoms with van der Waals surface area (Å²) in [5.74, 6) is -2.20. The number of hydrogen-bond donors (Lipinski definition) is 4. The van der Waals surface area contributed by atoms with Crippen molar-refractivity contribution in [1.82, 2.24) is 0 Å². The lowest BCUT2D eigenvalue weighted by molar-refractivity contribution is 0.351. The van der Waals surface area contributed by atoms with E-state index in [0.717, 1.165) is 10.1 Å². The van der Waals surface area contributed by atoms with Gasteiger partial charge in [-0.05, 0) is 6.07 Å². The first-order valence-corrected chi connectivity index (χ1v) is 5.70. The molecule has 0 aliphatic heterocycles. The summed E-state index contributed by atoms with van der Waals surface area (Å²) in [4.78, 5) is 0. The molecule has 0 saturated heterocycles. The number of fused-ring (bicyclic) bond motifs is 3. The fraction of sp³-hybridized carbons (Fsp3) is 0. The van der Waals surface area contributed by atoms with E-state index < -0.39 is 23.0 Å². The third-order valence-corrected chi connectivity index (χ3v) is 3.90. The van der Waals surface area contributed by atoms with Crippen molar-refractivity contribution in [2.75, 3.05) is 0 Å². The molecule has 17 heavy (non-hydrogen) atoms. The first-order valence-electron chi connectivity index (χ1n) is 4.88. The molecule has 0 atom stereocenters. The predicted molar refractivity (Wildman–Crippen MR) is 66.0 cm³/mol. The zero-order valence-corrected chi connectivity index (χ0v) is 9.32. The second kappa shape index (κ2) is 3.18. The maximum Gasteiger partial charge on any atom is 0.205 e. The zero-order valence-electron chi connectivity index (χ0n) is 8.51. The smallest absolute Gasteiger partial charge is 0.205 e. The average molecular weight is 248 g/mol. The zero-order chi connectivity index (χ0) is 12.2. The Morgan fingerprint density at radius 3 is 2.18 bits per heavy atom. The van der Waals surface area contributed by atoms with Crippen molar-refractivity contribution < 1.29 is 20.4 Å². The Bertz CT molecular complexity index is 745. The van der Waals surface area contributed by atoms with E-state index in [2.05, 4.69) is 0 Å². The van der Waals surface area contributed by atoms with Crippen LogP contribution in [0.25, 0.3) is 20.2 Å². The normalized spacial score (nSPS) is 11.3. The number of thiophene rings is 1. The second-order valence-corrected chi connectivity index (χ2v) is 4.75. The Hall–Kier alpha value is -2.14. The van der Waals surface area contributed by atoms with Crippen molar-refractivity contribution in [3.63, 3.8) is 0 Å². The van der Waals surface area contributed by atoms with Crippen molar-refractivity contribution in [3.8, 4) is 23.0 Å². The van der Waals surface area contributed by atoms with Gasteiger partial charge in [0.05, 0.1) is 10.1 Å². The van der Waals surface area contributed by atoms with Crippen LogP contribution in [0.4, 0.5) is 0 Å². The van der Waals surface area contributed by atoms with Crippen LogP contribution in [0, 0.1) is 0 Å². The molecule has 4 N–H and O–H groups in total. The third kappa shape index (κ3) is 1.17. The van der Waals surface area contributed by atoms with Crippen LogP contribution in [0.15, 0.2) is 24.3 Å². The maximum absolute atomic E-state index is 9.84. The van der Waals surface area contributed by atoms with Gasteiger partial charge in [0.2, 0.25) is 11.5 Å². The molecular formula is C12H8O4S. The molecule has 3 aromatic rings. The summed E-state index contributed by atoms with van der Waals surface area (Å²) >= 11 is 1.24. The van der Waals surface area contributed by atoms with Crippen LogP contribution >= 0.6 is 11.3 Å². The van der Waals surface area contributed by atoms with Gasteiger partial charge in [0.1, 0.15) is 0 Å². The topological polar surface area (TPSA) is 80.9 Å². The molecule has 3 rings (SSSR count). The second-order valence-electron chi connectivity index (χ2n) is 3.70. The predicted octanol–water partition coefficient (Wildman–Crippen LogP) is 2.88. The van der Waals surface area contributed by atoms with Gasteiger partial charge in [0, 0.05) is 10.1 Å². The summed E-state index contributed by atoms with van der Waals surface area (Å²) in [6.45, 7) is 0. The van der Waals surface area contributed by atoms with E-state index in [0.29, 0.717) is 10.1 Å². The first kappa shape index (κ1) is 10.0. The van der Waals surface area contributed by atoms with Crippen LogP contribution in [-0.2, 0) is 0 Å². The van der Waals surface area contributed by atoms with Gasteiger partial charge in [0.15, 0.2) is 11.5 Å². The summed E-state index contributed by atoms with van der Waals surface area (Å²) < 4.78 is 1.22. The molecule has 0 amide bonds. The number of phenolic OH excluding ortho intramolecular Hbond substituents is 4. The Morgan fingerprint density at radius 2 is 1.41 bits per heavy atom. The molecular weight excluding hydrogens is 240 g/mol. The molecule has 0 bridgehead atoms. The third-order valence-electron chi connectivity index (χ3n) is 2.72. The molecule has 1 heterocycles. The minimum Gasteiger partial charge on any atom is -0.504 e. The molecule has 86 valence electrons. The molecule has 0 saturated carbocycles. The molecule has 0 radical (unpaired) electrons. The number of aromatic hydroxyl groups is 4. The van der Waals surface area contributed by atoms with Gasteiger partial charge >= 0.3 is 0 Å². The van der Waals surface area contributed by atoms with Crippen LogP contribution in [0.2, 0.25) is 0 Å². The SMILES string of the molecule is Oc1c(O)c(O)c2c(sc3ccccc32)c1O. The highest BCUT2D eigenvalue weighted by molar-refractivity contribution is 7.26. The maximum atomic E-state index is 9.84. The molecule has 1 aromatic heterocycles. The molecule has 4 nitrogen and oxygen atoms in total. The van der Waals surface area contributed by atoms with E-state index in [9.17, 15) is 20.4 Å². The van der Waals surface area contributed by atoms with Crippen LogP contribution in [0.3, 0.4) is 0 Å². The largest absolute Gasteiger partial charge is 0.504 e. The standard InChI is InChI=1S/C12H8O4S/c13-8-7-5-3-1-2-4-6(5)17-12(7)11(16)10(15)9(8)14/h1-4,13-16H. The van der Waals surface area contributed by atoms with Gasteiger partial charge in [-0.3, -0.25) is 0 Å². The summed E-state index contributed by atoms with van der Waals surface area (Å²) in [6, 6.07) is 7.26. The summed E-state index contributed by atoms with van der Waals surface area (Å²) in [5.41, 5.74) is 0. The number of phenols is 4. The number of hydrogen-bond acceptors (Lipinski definition) is 5. The van der Waals surface area contributed by atoms with Crippen molar-refractivity contribution in [3.05, 3.63) is 24.3 Å². The van der Waals surface area contributed by atoms with Gasteiger partial charge in [-0.25, -0.2) is 0 Å². The van der Waals surface area contributed by atoms with E-state index in [-0.39, 0.29) is 0 Å². The van der Waals surface area contributed by atoms with Crippen molar-refractivity contribution in [2.24, 2.45) is 0 Å². The van der Waals surface area contributed by atoms with E-state index >= 15 is 0 Å². The van der Waals surface area contributed by atoms with Gasteiger partial charge in [-0.1, -0.05) is 18.2 Å². The fourth-order valence-corrected chi connectivity index (χ4v) is 3.05. The van der Waals surface area contributed by atoms with Gasteiger partial charge in [-0.15, -0.1) is 11.3 Å². The highest BCUT2D eigenvalue weighted by atomic mass is 32.1. The molecule has 0 fully saturated rings. The lowest BCUT2D eigenvalue weighted by atomic mass is 10.1. The van der Waals surface area contributed by atoms with Gasteiger partial charge in [0.25, 0.3) is 0 Å². The Morgan fingerprint density at radius 1 is 0.765 bits per heavy atom. The fourth-order valence-electron chi connectivity index (χ4n) is 1.90. The van der Waals surface area contributed by atoms with Crippen molar-refractivity contribution in [2.45, 2.75) is 0 Å². The lowest BCUT2D eigenvalue weighted by Gasteiger charge is -2.05. The number of rotatable bonds is 0. The van der Waals surface area contributed by atoms with Crippen LogP contribution in [0.5, 0.6) is 23.0 Å². The van der Waals surface area contributed by atoms with Gasteiger partial charge < -0.3 is 20.4 Å². The summed E-state index contributed by atoms with van der Waals surface area (Å²) in [7, 11) is 0. The summed E-state index contributed by atoms with van der Waals surface area (Å²) in [6.07, 6.45) is 0. The van der Waals surface area contributed by atoms with E-state index in [1.165, 1.54) is 11.3 Å². The van der Waals surface area contributed by atoms with Crippen LogP contribution in [0.1, 0.15) is 0 Å². The highest BCUT2D eigenvalue weighted by Gasteiger charge is 2.21.